The molecule has 0 aliphatic heterocycles. The summed E-state index contributed by atoms with van der Waals surface area (Å²) in [7, 11) is 1.48. The number of halogens is 1. The summed E-state index contributed by atoms with van der Waals surface area (Å²) >= 11 is 0. The number of hydrogen-bond donors (Lipinski definition) is 1. The molecule has 0 aromatic heterocycles. The predicted octanol–water partition coefficient (Wildman–Crippen LogP) is 4.18. The lowest BCUT2D eigenvalue weighted by Crippen LogP contribution is -2.09. The fourth-order valence-corrected chi connectivity index (χ4v) is 2.82. The van der Waals surface area contributed by atoms with Crippen molar-refractivity contribution in [1.29, 1.82) is 0 Å². The van der Waals surface area contributed by atoms with Gasteiger partial charge in [0.1, 0.15) is 17.7 Å². The van der Waals surface area contributed by atoms with Crippen molar-refractivity contribution in [3.05, 3.63) is 65.0 Å². The number of methoxy groups -OCH3 is 1. The van der Waals surface area contributed by atoms with Crippen LogP contribution in [0.25, 0.3) is 0 Å². The molecule has 2 aromatic carbocycles. The fraction of sp³-hybridized carbons (Fsp3) is 0.333. The Kier molecular flexibility index (Phi) is 3.93. The highest BCUT2D eigenvalue weighted by Gasteiger charge is 2.22. The topological polar surface area (TPSA) is 29.5 Å². The van der Waals surface area contributed by atoms with Gasteiger partial charge < -0.3 is 9.84 Å². The van der Waals surface area contributed by atoms with Crippen LogP contribution in [0.4, 0.5) is 4.39 Å². The Morgan fingerprint density at radius 2 is 1.86 bits per heavy atom. The lowest BCUT2D eigenvalue weighted by molar-refractivity contribution is 0.209. The number of benzene rings is 2. The fourth-order valence-electron chi connectivity index (χ4n) is 2.82. The quantitative estimate of drug-likeness (QED) is 0.913. The van der Waals surface area contributed by atoms with Crippen molar-refractivity contribution < 1.29 is 14.2 Å². The molecule has 3 heteroatoms. The van der Waals surface area contributed by atoms with E-state index in [1.807, 2.05) is 24.3 Å². The molecule has 1 aliphatic carbocycles. The van der Waals surface area contributed by atoms with Crippen LogP contribution in [0.5, 0.6) is 5.75 Å². The molecular weight excluding hydrogens is 267 g/mol. The Hall–Kier alpha value is -1.87. The van der Waals surface area contributed by atoms with Crippen molar-refractivity contribution in [2.45, 2.75) is 31.3 Å². The Morgan fingerprint density at radius 3 is 2.43 bits per heavy atom. The monoisotopic (exact) mass is 286 g/mol. The van der Waals surface area contributed by atoms with Crippen LogP contribution in [0.3, 0.4) is 0 Å². The summed E-state index contributed by atoms with van der Waals surface area (Å²) in [5.41, 5.74) is 2.18. The van der Waals surface area contributed by atoms with E-state index in [2.05, 4.69) is 0 Å². The maximum absolute atomic E-state index is 14.0. The lowest BCUT2D eigenvalue weighted by Gasteiger charge is -2.26. The first kappa shape index (κ1) is 14.1. The standard InChI is InChI=1S/C18H19FO2/c1-21-16-7-3-6-15(19)17(16)18(20)14-10-8-13(9-11-14)12-4-2-5-12/h3,6-12,18,20H,2,4-5H2,1H3. The minimum absolute atomic E-state index is 0.191. The zero-order chi connectivity index (χ0) is 14.8. The molecule has 0 radical (unpaired) electrons. The minimum atomic E-state index is -1.02. The molecule has 21 heavy (non-hydrogen) atoms. The summed E-state index contributed by atoms with van der Waals surface area (Å²) in [4.78, 5) is 0. The predicted molar refractivity (Wildman–Crippen MR) is 80.0 cm³/mol. The second kappa shape index (κ2) is 5.86. The first-order chi connectivity index (χ1) is 10.2. The number of hydrogen-bond acceptors (Lipinski definition) is 2. The van der Waals surface area contributed by atoms with Crippen molar-refractivity contribution in [2.24, 2.45) is 0 Å². The SMILES string of the molecule is COc1cccc(F)c1C(O)c1ccc(C2CCC2)cc1. The van der Waals surface area contributed by atoms with Crippen LogP contribution in [0.1, 0.15) is 48.0 Å². The highest BCUT2D eigenvalue weighted by molar-refractivity contribution is 5.42. The van der Waals surface area contributed by atoms with Crippen LogP contribution in [-0.2, 0) is 0 Å². The number of aliphatic hydroxyl groups excluding tert-OH is 1. The molecule has 1 unspecified atom stereocenters. The van der Waals surface area contributed by atoms with Crippen LogP contribution in [-0.4, -0.2) is 12.2 Å². The second-order valence-corrected chi connectivity index (χ2v) is 5.55. The minimum Gasteiger partial charge on any atom is -0.496 e. The number of aliphatic hydroxyl groups is 1. The van der Waals surface area contributed by atoms with Crippen LogP contribution < -0.4 is 4.74 Å². The van der Waals surface area contributed by atoms with E-state index in [4.69, 9.17) is 4.74 Å². The molecule has 0 amide bonds. The highest BCUT2D eigenvalue weighted by atomic mass is 19.1. The maximum atomic E-state index is 14.0. The van der Waals surface area contributed by atoms with E-state index in [-0.39, 0.29) is 5.56 Å². The molecule has 1 aliphatic rings. The summed E-state index contributed by atoms with van der Waals surface area (Å²) in [6.07, 6.45) is 2.75. The number of ether oxygens (including phenoxy) is 1. The van der Waals surface area contributed by atoms with E-state index in [0.29, 0.717) is 17.2 Å². The summed E-state index contributed by atoms with van der Waals surface area (Å²) in [6.45, 7) is 0. The van der Waals surface area contributed by atoms with Crippen molar-refractivity contribution in [3.63, 3.8) is 0 Å². The Bertz CT molecular complexity index is 618. The largest absolute Gasteiger partial charge is 0.496 e. The molecule has 1 atom stereocenters. The molecule has 2 aromatic rings. The summed E-state index contributed by atoms with van der Waals surface area (Å²) in [5.74, 6) is 0.565. The van der Waals surface area contributed by atoms with E-state index in [0.717, 1.165) is 0 Å². The Morgan fingerprint density at radius 1 is 1.14 bits per heavy atom. The van der Waals surface area contributed by atoms with Gasteiger partial charge in [0, 0.05) is 0 Å². The highest BCUT2D eigenvalue weighted by Crippen LogP contribution is 2.37. The molecule has 0 spiro atoms. The van der Waals surface area contributed by atoms with Crippen LogP contribution in [0.15, 0.2) is 42.5 Å². The lowest BCUT2D eigenvalue weighted by atomic mass is 9.80. The van der Waals surface area contributed by atoms with Gasteiger partial charge in [0.25, 0.3) is 0 Å². The van der Waals surface area contributed by atoms with Gasteiger partial charge in [-0.15, -0.1) is 0 Å². The van der Waals surface area contributed by atoms with Crippen LogP contribution >= 0.6 is 0 Å². The zero-order valence-corrected chi connectivity index (χ0v) is 12.1. The zero-order valence-electron chi connectivity index (χ0n) is 12.1. The Labute approximate surface area is 124 Å². The maximum Gasteiger partial charge on any atom is 0.133 e. The van der Waals surface area contributed by atoms with Crippen LogP contribution in [0.2, 0.25) is 0 Å². The third kappa shape index (κ3) is 2.66. The van der Waals surface area contributed by atoms with Gasteiger partial charge in [0.15, 0.2) is 0 Å². The van der Waals surface area contributed by atoms with Gasteiger partial charge in [0.2, 0.25) is 0 Å². The van der Waals surface area contributed by atoms with Crippen molar-refractivity contribution in [1.82, 2.24) is 0 Å². The average Bonchev–Trinajstić information content (AvgIpc) is 2.45. The second-order valence-electron chi connectivity index (χ2n) is 5.55. The summed E-state index contributed by atoms with van der Waals surface area (Å²) < 4.78 is 19.2. The molecule has 2 nitrogen and oxygen atoms in total. The smallest absolute Gasteiger partial charge is 0.133 e. The van der Waals surface area contributed by atoms with Crippen LogP contribution in [0, 0.1) is 5.82 Å². The van der Waals surface area contributed by atoms with Crippen molar-refractivity contribution in [2.75, 3.05) is 7.11 Å². The van der Waals surface area contributed by atoms with E-state index >= 15 is 0 Å². The van der Waals surface area contributed by atoms with Gasteiger partial charge >= 0.3 is 0 Å². The molecule has 0 heterocycles. The third-order valence-corrected chi connectivity index (χ3v) is 4.34. The van der Waals surface area contributed by atoms with E-state index < -0.39 is 11.9 Å². The van der Waals surface area contributed by atoms with Gasteiger partial charge in [-0.2, -0.15) is 0 Å². The van der Waals surface area contributed by atoms with Gasteiger partial charge in [-0.3, -0.25) is 0 Å². The normalized spacial score (nSPS) is 16.3. The van der Waals surface area contributed by atoms with Gasteiger partial charge in [0.05, 0.1) is 12.7 Å². The first-order valence-corrected chi connectivity index (χ1v) is 7.31. The van der Waals surface area contributed by atoms with Crippen molar-refractivity contribution >= 4 is 0 Å². The molecule has 1 saturated carbocycles. The molecule has 0 saturated heterocycles. The number of rotatable bonds is 4. The Balaban J connectivity index is 1.89. The summed E-state index contributed by atoms with van der Waals surface area (Å²) in [5, 5.41) is 10.5. The van der Waals surface area contributed by atoms with Crippen molar-refractivity contribution in [3.8, 4) is 5.75 Å². The van der Waals surface area contributed by atoms with E-state index in [1.54, 1.807) is 12.1 Å². The van der Waals surface area contributed by atoms with Gasteiger partial charge in [-0.25, -0.2) is 4.39 Å². The molecule has 0 bridgehead atoms. The average molecular weight is 286 g/mol. The summed E-state index contributed by atoms with van der Waals surface area (Å²) in [6, 6.07) is 12.4. The molecule has 110 valence electrons. The third-order valence-electron chi connectivity index (χ3n) is 4.34. The molecular formula is C18H19FO2. The molecule has 1 fully saturated rings. The van der Waals surface area contributed by atoms with E-state index in [1.165, 1.54) is 38.0 Å². The molecule has 3 rings (SSSR count). The van der Waals surface area contributed by atoms with Gasteiger partial charge in [-0.05, 0) is 42.0 Å². The van der Waals surface area contributed by atoms with E-state index in [9.17, 15) is 9.50 Å². The van der Waals surface area contributed by atoms with Gasteiger partial charge in [-0.1, -0.05) is 36.8 Å². The molecule has 1 N–H and O–H groups in total. The first-order valence-electron chi connectivity index (χ1n) is 7.31.